The van der Waals surface area contributed by atoms with E-state index in [0.29, 0.717) is 29.6 Å². The molecule has 0 unspecified atom stereocenters. The molecule has 0 aliphatic heterocycles. The fraction of sp³-hybridized carbons (Fsp3) is 0.129. The highest BCUT2D eigenvalue weighted by Gasteiger charge is 2.18. The van der Waals surface area contributed by atoms with Gasteiger partial charge in [0.25, 0.3) is 0 Å². The van der Waals surface area contributed by atoms with E-state index < -0.39 is 0 Å². The molecule has 0 aliphatic carbocycles. The molecule has 1 amide bonds. The van der Waals surface area contributed by atoms with Crippen LogP contribution in [0.15, 0.2) is 103 Å². The number of para-hydroxylation sites is 1. The van der Waals surface area contributed by atoms with Crippen molar-refractivity contribution in [2.75, 3.05) is 23.3 Å². The van der Waals surface area contributed by atoms with Crippen LogP contribution in [0.4, 0.5) is 15.9 Å². The number of amides is 1. The number of anilines is 2. The third-order valence-electron chi connectivity index (χ3n) is 6.25. The number of carbonyl (C=O) groups is 1. The zero-order valence-electron chi connectivity index (χ0n) is 20.6. The number of rotatable bonds is 9. The van der Waals surface area contributed by atoms with E-state index in [1.807, 2.05) is 66.7 Å². The van der Waals surface area contributed by atoms with Crippen LogP contribution in [0, 0.1) is 5.82 Å². The van der Waals surface area contributed by atoms with E-state index in [4.69, 9.17) is 21.6 Å². The molecule has 38 heavy (non-hydrogen) atoms. The Labute approximate surface area is 225 Å². The van der Waals surface area contributed by atoms with Gasteiger partial charge in [-0.05, 0) is 60.5 Å². The Hall–Kier alpha value is -4.29. The normalized spacial score (nSPS) is 10.9. The van der Waals surface area contributed by atoms with Crippen LogP contribution in [0.1, 0.15) is 12.0 Å². The number of aromatic nitrogens is 2. The van der Waals surface area contributed by atoms with Crippen molar-refractivity contribution in [2.24, 2.45) is 0 Å². The van der Waals surface area contributed by atoms with Gasteiger partial charge in [0.05, 0.1) is 10.5 Å². The van der Waals surface area contributed by atoms with Crippen molar-refractivity contribution in [3.05, 3.63) is 120 Å². The summed E-state index contributed by atoms with van der Waals surface area (Å²) in [5, 5.41) is 4.32. The van der Waals surface area contributed by atoms with Crippen LogP contribution < -0.4 is 10.2 Å². The summed E-state index contributed by atoms with van der Waals surface area (Å²) in [5.74, 6) is 0.770. The molecule has 0 fully saturated rings. The number of carbonyl (C=O) groups excluding carboxylic acids is 1. The Morgan fingerprint density at radius 1 is 0.816 bits per heavy atom. The van der Waals surface area contributed by atoms with Gasteiger partial charge in [0, 0.05) is 36.1 Å². The van der Waals surface area contributed by atoms with E-state index >= 15 is 0 Å². The minimum Gasteiger partial charge on any atom is -0.355 e. The van der Waals surface area contributed by atoms with Crippen molar-refractivity contribution in [3.8, 4) is 11.4 Å². The molecule has 4 aromatic carbocycles. The monoisotopic (exact) mass is 524 g/mol. The lowest BCUT2D eigenvalue weighted by atomic mass is 10.1. The quantitative estimate of drug-likeness (QED) is 0.222. The number of fused-ring (bicyclic) bond motifs is 1. The van der Waals surface area contributed by atoms with Crippen LogP contribution in [-0.2, 0) is 11.2 Å². The van der Waals surface area contributed by atoms with Gasteiger partial charge in [-0.15, -0.1) is 0 Å². The Kier molecular flexibility index (Phi) is 7.90. The number of nitrogens with zero attached hydrogens (tertiary/aromatic N) is 3. The molecule has 0 saturated heterocycles. The van der Waals surface area contributed by atoms with Gasteiger partial charge in [-0.1, -0.05) is 66.2 Å². The summed E-state index contributed by atoms with van der Waals surface area (Å²) >= 11 is 6.50. The zero-order chi connectivity index (χ0) is 26.3. The van der Waals surface area contributed by atoms with Crippen molar-refractivity contribution in [3.63, 3.8) is 0 Å². The van der Waals surface area contributed by atoms with Crippen LogP contribution in [0.25, 0.3) is 22.3 Å². The molecule has 0 spiro atoms. The number of hydrogen-bond donors (Lipinski definition) is 1. The van der Waals surface area contributed by atoms with Gasteiger partial charge in [0.15, 0.2) is 5.82 Å². The second kappa shape index (κ2) is 11.8. The third-order valence-corrected chi connectivity index (χ3v) is 6.58. The van der Waals surface area contributed by atoms with Crippen LogP contribution >= 0.6 is 11.6 Å². The highest BCUT2D eigenvalue weighted by molar-refractivity contribution is 6.33. The first kappa shape index (κ1) is 25.4. The Bertz CT molecular complexity index is 1540. The molecule has 1 aromatic heterocycles. The van der Waals surface area contributed by atoms with Gasteiger partial charge < -0.3 is 10.2 Å². The highest BCUT2D eigenvalue weighted by Crippen LogP contribution is 2.31. The lowest BCUT2D eigenvalue weighted by Crippen LogP contribution is -2.31. The maximum Gasteiger partial charge on any atom is 0.226 e. The van der Waals surface area contributed by atoms with Crippen molar-refractivity contribution in [1.29, 1.82) is 0 Å². The third kappa shape index (κ3) is 6.15. The van der Waals surface area contributed by atoms with Crippen molar-refractivity contribution in [2.45, 2.75) is 12.8 Å². The fourth-order valence-corrected chi connectivity index (χ4v) is 4.51. The first-order valence-electron chi connectivity index (χ1n) is 12.4. The largest absolute Gasteiger partial charge is 0.355 e. The minimum atomic E-state index is -0.347. The smallest absolute Gasteiger partial charge is 0.226 e. The number of hydrogen-bond acceptors (Lipinski definition) is 4. The molecule has 7 heteroatoms. The molecule has 5 aromatic rings. The lowest BCUT2D eigenvalue weighted by molar-refractivity contribution is -0.116. The van der Waals surface area contributed by atoms with E-state index in [2.05, 4.69) is 22.3 Å². The molecule has 0 aliphatic rings. The zero-order valence-corrected chi connectivity index (χ0v) is 21.4. The minimum absolute atomic E-state index is 0.161. The molecule has 5 nitrogen and oxygen atoms in total. The lowest BCUT2D eigenvalue weighted by Gasteiger charge is -2.25. The molecule has 190 valence electrons. The average molecular weight is 525 g/mol. The predicted octanol–water partition coefficient (Wildman–Crippen LogP) is 7.17. The second-order valence-electron chi connectivity index (χ2n) is 8.90. The summed E-state index contributed by atoms with van der Waals surface area (Å²) in [6, 6.07) is 31.3. The van der Waals surface area contributed by atoms with Crippen molar-refractivity contribution < 1.29 is 9.18 Å². The predicted molar refractivity (Wildman–Crippen MR) is 152 cm³/mol. The van der Waals surface area contributed by atoms with Gasteiger partial charge in [0.2, 0.25) is 5.91 Å². The van der Waals surface area contributed by atoms with E-state index in [-0.39, 0.29) is 18.1 Å². The first-order valence-corrected chi connectivity index (χ1v) is 12.8. The van der Waals surface area contributed by atoms with Crippen LogP contribution in [0.2, 0.25) is 5.02 Å². The standard InChI is InChI=1S/C31H26ClFN4O/c32-27-12-6-4-10-25(27)30-35-28-13-7-5-11-26(28)31(36-30)37(20-18-22-8-2-1-3-9-22)21-19-29(38)34-24-16-14-23(33)15-17-24/h1-17H,18-21H2,(H,34,38). The molecule has 0 radical (unpaired) electrons. The molecule has 0 atom stereocenters. The summed E-state index contributed by atoms with van der Waals surface area (Å²) < 4.78 is 13.3. The van der Waals surface area contributed by atoms with Crippen LogP contribution in [0.3, 0.4) is 0 Å². The van der Waals surface area contributed by atoms with Crippen LogP contribution in [0.5, 0.6) is 0 Å². The maximum absolute atomic E-state index is 13.3. The van der Waals surface area contributed by atoms with Crippen LogP contribution in [-0.4, -0.2) is 29.0 Å². The summed E-state index contributed by atoms with van der Waals surface area (Å²) in [5.41, 5.74) is 3.30. The Morgan fingerprint density at radius 3 is 2.32 bits per heavy atom. The van der Waals surface area contributed by atoms with Gasteiger partial charge in [-0.25, -0.2) is 14.4 Å². The molecule has 1 N–H and O–H groups in total. The molecular weight excluding hydrogens is 499 g/mol. The Balaban J connectivity index is 1.47. The highest BCUT2D eigenvalue weighted by atomic mass is 35.5. The van der Waals surface area contributed by atoms with Gasteiger partial charge in [0.1, 0.15) is 11.6 Å². The Morgan fingerprint density at radius 2 is 1.53 bits per heavy atom. The number of halogens is 2. The summed E-state index contributed by atoms with van der Waals surface area (Å²) in [4.78, 5) is 24.7. The second-order valence-corrected chi connectivity index (χ2v) is 9.30. The fourth-order valence-electron chi connectivity index (χ4n) is 4.29. The van der Waals surface area contributed by atoms with E-state index in [0.717, 1.165) is 28.7 Å². The topological polar surface area (TPSA) is 58.1 Å². The van der Waals surface area contributed by atoms with E-state index in [1.54, 1.807) is 12.1 Å². The molecular formula is C31H26ClFN4O. The van der Waals surface area contributed by atoms with Crippen molar-refractivity contribution in [1.82, 2.24) is 9.97 Å². The van der Waals surface area contributed by atoms with E-state index in [9.17, 15) is 9.18 Å². The maximum atomic E-state index is 13.3. The van der Waals surface area contributed by atoms with Crippen molar-refractivity contribution >= 4 is 39.9 Å². The first-order chi connectivity index (χ1) is 18.6. The van der Waals surface area contributed by atoms with Gasteiger partial charge in [-0.3, -0.25) is 4.79 Å². The summed E-state index contributed by atoms with van der Waals surface area (Å²) in [7, 11) is 0. The number of nitrogens with one attached hydrogen (secondary N) is 1. The van der Waals surface area contributed by atoms with E-state index in [1.165, 1.54) is 17.7 Å². The van der Waals surface area contributed by atoms with Gasteiger partial charge in [-0.2, -0.15) is 0 Å². The molecule has 0 bridgehead atoms. The summed E-state index contributed by atoms with van der Waals surface area (Å²) in [6.07, 6.45) is 1.01. The average Bonchev–Trinajstić information content (AvgIpc) is 2.95. The van der Waals surface area contributed by atoms with Gasteiger partial charge >= 0.3 is 0 Å². The SMILES string of the molecule is O=C(CCN(CCc1ccccc1)c1nc(-c2ccccc2Cl)nc2ccccc12)Nc1ccc(F)cc1. The molecule has 1 heterocycles. The summed E-state index contributed by atoms with van der Waals surface area (Å²) in [6.45, 7) is 1.08. The molecule has 5 rings (SSSR count). The molecule has 0 saturated carbocycles. The number of benzene rings is 4.